The number of alkyl halides is 3. The van der Waals surface area contributed by atoms with E-state index >= 15 is 0 Å². The average Bonchev–Trinajstić information content (AvgIpc) is 2.31. The molecule has 8 heteroatoms. The fourth-order valence-electron chi connectivity index (χ4n) is 1.56. The molecule has 0 saturated heterocycles. The van der Waals surface area contributed by atoms with Gasteiger partial charge in [-0.25, -0.2) is 0 Å². The number of rotatable bonds is 9. The van der Waals surface area contributed by atoms with Crippen molar-refractivity contribution in [3.05, 3.63) is 0 Å². The molecule has 0 bridgehead atoms. The molecule has 0 fully saturated rings. The van der Waals surface area contributed by atoms with Crippen LogP contribution in [0.4, 0.5) is 13.2 Å². The molecule has 0 unspecified atom stereocenters. The van der Waals surface area contributed by atoms with E-state index in [-0.39, 0.29) is 32.0 Å². The lowest BCUT2D eigenvalue weighted by Gasteiger charge is -2.24. The third kappa shape index (κ3) is 9.69. The van der Waals surface area contributed by atoms with Crippen LogP contribution in [0.2, 0.25) is 0 Å². The van der Waals surface area contributed by atoms with Crippen LogP contribution in [0.25, 0.3) is 0 Å². The number of halogens is 3. The van der Waals surface area contributed by atoms with Gasteiger partial charge in [0.15, 0.2) is 0 Å². The van der Waals surface area contributed by atoms with Crippen molar-refractivity contribution in [2.24, 2.45) is 5.73 Å². The van der Waals surface area contributed by atoms with Gasteiger partial charge in [-0.05, 0) is 13.0 Å². The van der Waals surface area contributed by atoms with Gasteiger partial charge in [0.05, 0.1) is 13.2 Å². The van der Waals surface area contributed by atoms with Crippen LogP contribution in [0, 0.1) is 0 Å². The van der Waals surface area contributed by atoms with Gasteiger partial charge in [0, 0.05) is 33.1 Å². The molecular formula is C11H22F3N3O2. The molecule has 0 aliphatic rings. The maximum Gasteiger partial charge on any atom is 0.401 e. The molecule has 0 heterocycles. The third-order valence-electron chi connectivity index (χ3n) is 2.58. The second-order valence-corrected chi connectivity index (χ2v) is 4.32. The molecule has 0 spiro atoms. The summed E-state index contributed by atoms with van der Waals surface area (Å²) in [6.45, 7) is -0.650. The molecule has 3 N–H and O–H groups in total. The number of aliphatic hydroxyl groups excluding tert-OH is 1. The summed E-state index contributed by atoms with van der Waals surface area (Å²) in [6, 6.07) is 0. The third-order valence-corrected chi connectivity index (χ3v) is 2.58. The van der Waals surface area contributed by atoms with Gasteiger partial charge < -0.3 is 15.7 Å². The van der Waals surface area contributed by atoms with Crippen molar-refractivity contribution in [1.29, 1.82) is 0 Å². The normalized spacial score (nSPS) is 11.9. The quantitative estimate of drug-likeness (QED) is 0.627. The first kappa shape index (κ1) is 18.1. The first-order chi connectivity index (χ1) is 8.80. The van der Waals surface area contributed by atoms with Crippen LogP contribution in [0.5, 0.6) is 0 Å². The van der Waals surface area contributed by atoms with E-state index in [9.17, 15) is 18.0 Å². The van der Waals surface area contributed by atoms with Crippen molar-refractivity contribution in [2.75, 3.05) is 46.4 Å². The van der Waals surface area contributed by atoms with Gasteiger partial charge in [-0.3, -0.25) is 9.69 Å². The smallest absolute Gasteiger partial charge is 0.395 e. The van der Waals surface area contributed by atoms with E-state index < -0.39 is 12.7 Å². The van der Waals surface area contributed by atoms with E-state index in [1.807, 2.05) is 0 Å². The van der Waals surface area contributed by atoms with Gasteiger partial charge in [-0.15, -0.1) is 0 Å². The molecule has 0 atom stereocenters. The van der Waals surface area contributed by atoms with Crippen molar-refractivity contribution >= 4 is 5.91 Å². The SMILES string of the molecule is CN(CCCN)C(=O)CCN(CCO)CC(F)(F)F. The largest absolute Gasteiger partial charge is 0.401 e. The van der Waals surface area contributed by atoms with Gasteiger partial charge in [0.25, 0.3) is 0 Å². The van der Waals surface area contributed by atoms with Gasteiger partial charge in [-0.2, -0.15) is 13.2 Å². The highest BCUT2D eigenvalue weighted by Crippen LogP contribution is 2.16. The van der Waals surface area contributed by atoms with Crippen LogP contribution < -0.4 is 5.73 Å². The molecule has 0 aliphatic heterocycles. The lowest BCUT2D eigenvalue weighted by atomic mass is 10.3. The first-order valence-corrected chi connectivity index (χ1v) is 6.14. The van der Waals surface area contributed by atoms with Gasteiger partial charge in [0.1, 0.15) is 0 Å². The number of carbonyl (C=O) groups excluding carboxylic acids is 1. The average molecular weight is 285 g/mol. The van der Waals surface area contributed by atoms with E-state index in [0.29, 0.717) is 19.5 Å². The molecule has 0 saturated carbocycles. The summed E-state index contributed by atoms with van der Waals surface area (Å²) in [5.41, 5.74) is 5.31. The Kier molecular flexibility index (Phi) is 8.70. The zero-order valence-corrected chi connectivity index (χ0v) is 11.1. The minimum absolute atomic E-state index is 0.00283. The minimum Gasteiger partial charge on any atom is -0.395 e. The van der Waals surface area contributed by atoms with Crippen molar-refractivity contribution in [3.8, 4) is 0 Å². The summed E-state index contributed by atoms with van der Waals surface area (Å²) in [7, 11) is 1.60. The van der Waals surface area contributed by atoms with Crippen molar-refractivity contribution in [1.82, 2.24) is 9.80 Å². The van der Waals surface area contributed by atoms with E-state index in [1.54, 1.807) is 7.05 Å². The van der Waals surface area contributed by atoms with Crippen LogP contribution in [-0.4, -0.2) is 73.4 Å². The van der Waals surface area contributed by atoms with Crippen molar-refractivity contribution in [3.63, 3.8) is 0 Å². The Labute approximate surface area is 111 Å². The Morgan fingerprint density at radius 3 is 2.37 bits per heavy atom. The fourth-order valence-corrected chi connectivity index (χ4v) is 1.56. The number of carbonyl (C=O) groups is 1. The standard InChI is InChI=1S/C11H22F3N3O2/c1-16(5-2-4-15)10(19)3-6-17(7-8-18)9-11(12,13)14/h18H,2-9,15H2,1H3. The summed E-state index contributed by atoms with van der Waals surface area (Å²) >= 11 is 0. The van der Waals surface area contributed by atoms with E-state index in [1.165, 1.54) is 4.90 Å². The number of hydrogen-bond donors (Lipinski definition) is 2. The Morgan fingerprint density at radius 1 is 1.26 bits per heavy atom. The molecule has 1 amide bonds. The molecule has 0 rings (SSSR count). The van der Waals surface area contributed by atoms with Gasteiger partial charge in [0.2, 0.25) is 5.91 Å². The Morgan fingerprint density at radius 2 is 1.89 bits per heavy atom. The molecule has 114 valence electrons. The van der Waals surface area contributed by atoms with Crippen LogP contribution in [0.1, 0.15) is 12.8 Å². The van der Waals surface area contributed by atoms with Crippen LogP contribution in [-0.2, 0) is 4.79 Å². The number of nitrogens with two attached hydrogens (primary N) is 1. The molecule has 0 aromatic rings. The molecule has 5 nitrogen and oxygen atoms in total. The monoisotopic (exact) mass is 285 g/mol. The molecule has 0 aliphatic carbocycles. The minimum atomic E-state index is -4.33. The number of aliphatic hydroxyl groups is 1. The highest BCUT2D eigenvalue weighted by molar-refractivity contribution is 5.76. The zero-order chi connectivity index (χ0) is 14.9. The highest BCUT2D eigenvalue weighted by Gasteiger charge is 2.30. The summed E-state index contributed by atoms with van der Waals surface area (Å²) in [6.07, 6.45) is -3.67. The summed E-state index contributed by atoms with van der Waals surface area (Å²) < 4.78 is 36.7. The Bertz CT molecular complexity index is 262. The van der Waals surface area contributed by atoms with Crippen molar-refractivity contribution < 1.29 is 23.1 Å². The van der Waals surface area contributed by atoms with E-state index in [2.05, 4.69) is 0 Å². The van der Waals surface area contributed by atoms with Gasteiger partial charge >= 0.3 is 6.18 Å². The van der Waals surface area contributed by atoms with Crippen LogP contribution >= 0.6 is 0 Å². The molecule has 0 aromatic heterocycles. The van der Waals surface area contributed by atoms with Crippen LogP contribution in [0.3, 0.4) is 0 Å². The molecule has 19 heavy (non-hydrogen) atoms. The van der Waals surface area contributed by atoms with Crippen molar-refractivity contribution in [2.45, 2.75) is 19.0 Å². The number of nitrogens with zero attached hydrogens (tertiary/aromatic N) is 2. The summed E-state index contributed by atoms with van der Waals surface area (Å²) in [5, 5.41) is 8.71. The lowest BCUT2D eigenvalue weighted by Crippen LogP contribution is -2.39. The van der Waals surface area contributed by atoms with E-state index in [4.69, 9.17) is 10.8 Å². The summed E-state index contributed by atoms with van der Waals surface area (Å²) in [4.78, 5) is 14.1. The highest BCUT2D eigenvalue weighted by atomic mass is 19.4. The van der Waals surface area contributed by atoms with Crippen LogP contribution in [0.15, 0.2) is 0 Å². The maximum absolute atomic E-state index is 12.2. The number of amides is 1. The lowest BCUT2D eigenvalue weighted by molar-refractivity contribution is -0.148. The van der Waals surface area contributed by atoms with E-state index in [0.717, 1.165) is 4.90 Å². The first-order valence-electron chi connectivity index (χ1n) is 6.14. The maximum atomic E-state index is 12.2. The fraction of sp³-hybridized carbons (Fsp3) is 0.909. The number of hydrogen-bond acceptors (Lipinski definition) is 4. The Hall–Kier alpha value is -0.860. The molecule has 0 radical (unpaired) electrons. The second-order valence-electron chi connectivity index (χ2n) is 4.32. The predicted octanol–water partition coefficient (Wildman–Crippen LogP) is 0.0403. The Balaban J connectivity index is 4.12. The molecule has 0 aromatic carbocycles. The summed E-state index contributed by atoms with van der Waals surface area (Å²) in [5.74, 6) is -0.224. The zero-order valence-electron chi connectivity index (χ0n) is 11.1. The van der Waals surface area contributed by atoms with Gasteiger partial charge in [-0.1, -0.05) is 0 Å². The second kappa shape index (κ2) is 9.11. The predicted molar refractivity (Wildman–Crippen MR) is 65.5 cm³/mol. The topological polar surface area (TPSA) is 69.8 Å². The molecular weight excluding hydrogens is 263 g/mol.